The normalized spacial score (nSPS) is 9.67. The highest BCUT2D eigenvalue weighted by molar-refractivity contribution is 5.69. The minimum Gasteiger partial charge on any atom is -0.481 e. The molecule has 0 bridgehead atoms. The Kier molecular flexibility index (Phi) is 2.57. The zero-order valence-electron chi connectivity index (χ0n) is 6.47. The van der Waals surface area contributed by atoms with Crippen molar-refractivity contribution in [2.24, 2.45) is 0 Å². The number of hydrogen-bond donors (Lipinski definition) is 1. The summed E-state index contributed by atoms with van der Waals surface area (Å²) in [6, 6.07) is 0. The molecule has 0 atom stereocenters. The summed E-state index contributed by atoms with van der Waals surface area (Å²) in [5.74, 6) is -0.902. The fourth-order valence-corrected chi connectivity index (χ4v) is 0.796. The molecule has 0 aliphatic carbocycles. The molecule has 12 heavy (non-hydrogen) atoms. The maximum atomic E-state index is 10.2. The van der Waals surface area contributed by atoms with Gasteiger partial charge in [0.2, 0.25) is 0 Å². The van der Waals surface area contributed by atoms with Crippen molar-refractivity contribution in [3.05, 3.63) is 24.5 Å². The number of allylic oxidation sites excluding steroid dienone is 1. The topological polar surface area (TPSA) is 68.0 Å². The Bertz CT molecular complexity index is 293. The lowest BCUT2D eigenvalue weighted by molar-refractivity contribution is -0.136. The number of carboxylic acids is 1. The number of nitrogens with zero attached hydrogens (tertiary/aromatic N) is 3. The van der Waals surface area contributed by atoms with Crippen molar-refractivity contribution < 1.29 is 9.90 Å². The van der Waals surface area contributed by atoms with Crippen molar-refractivity contribution in [1.82, 2.24) is 15.0 Å². The van der Waals surface area contributed by atoms with E-state index in [-0.39, 0.29) is 6.42 Å². The first kappa shape index (κ1) is 8.45. The predicted octanol–water partition coefficient (Wildman–Crippen LogP) is 0.0912. The van der Waals surface area contributed by atoms with Gasteiger partial charge in [-0.3, -0.25) is 4.79 Å². The molecule has 0 saturated carbocycles. The van der Waals surface area contributed by atoms with Crippen LogP contribution in [-0.2, 0) is 17.8 Å². The minimum absolute atomic E-state index is 0.0862. The monoisotopic (exact) mass is 167 g/mol. The second-order valence-corrected chi connectivity index (χ2v) is 2.29. The summed E-state index contributed by atoms with van der Waals surface area (Å²) in [5.41, 5.74) is 0.462. The lowest BCUT2D eigenvalue weighted by Gasteiger charge is -1.89. The summed E-state index contributed by atoms with van der Waals surface area (Å²) in [4.78, 5) is 10.2. The van der Waals surface area contributed by atoms with Crippen molar-refractivity contribution in [3.63, 3.8) is 0 Å². The van der Waals surface area contributed by atoms with Crippen molar-refractivity contribution in [1.29, 1.82) is 0 Å². The second kappa shape index (κ2) is 3.66. The van der Waals surface area contributed by atoms with Crippen LogP contribution in [0.2, 0.25) is 0 Å². The first-order valence-electron chi connectivity index (χ1n) is 3.44. The van der Waals surface area contributed by atoms with Crippen LogP contribution in [0.5, 0.6) is 0 Å². The SMILES string of the molecule is C=CCn1cc(CC(=O)O)nn1. The van der Waals surface area contributed by atoms with E-state index in [1.54, 1.807) is 12.3 Å². The highest BCUT2D eigenvalue weighted by Gasteiger charge is 2.03. The third-order valence-corrected chi connectivity index (χ3v) is 1.23. The van der Waals surface area contributed by atoms with E-state index in [9.17, 15) is 4.79 Å². The molecule has 1 heterocycles. The summed E-state index contributed by atoms with van der Waals surface area (Å²) in [6.07, 6.45) is 3.17. The zero-order chi connectivity index (χ0) is 8.97. The van der Waals surface area contributed by atoms with E-state index in [4.69, 9.17) is 5.11 Å². The van der Waals surface area contributed by atoms with Crippen LogP contribution in [0.15, 0.2) is 18.9 Å². The highest BCUT2D eigenvalue weighted by Crippen LogP contribution is 1.94. The molecule has 0 spiro atoms. The van der Waals surface area contributed by atoms with Gasteiger partial charge in [-0.1, -0.05) is 11.3 Å². The summed E-state index contributed by atoms with van der Waals surface area (Å²) in [6.45, 7) is 4.07. The Hall–Kier alpha value is -1.65. The van der Waals surface area contributed by atoms with E-state index in [1.807, 2.05) is 0 Å². The van der Waals surface area contributed by atoms with Crippen LogP contribution in [0, 0.1) is 0 Å². The molecule has 0 unspecified atom stereocenters. The van der Waals surface area contributed by atoms with Crippen LogP contribution in [0.1, 0.15) is 5.69 Å². The molecule has 5 nitrogen and oxygen atoms in total. The standard InChI is InChI=1S/C7H9N3O2/c1-2-3-10-5-6(8-9-10)4-7(11)12/h2,5H,1,3-4H2,(H,11,12). The Morgan fingerprint density at radius 1 is 1.83 bits per heavy atom. The Morgan fingerprint density at radius 3 is 3.17 bits per heavy atom. The zero-order valence-corrected chi connectivity index (χ0v) is 6.47. The summed E-state index contributed by atoms with van der Waals surface area (Å²) in [5, 5.41) is 15.8. The van der Waals surface area contributed by atoms with Gasteiger partial charge in [-0.25, -0.2) is 4.68 Å². The van der Waals surface area contributed by atoms with Gasteiger partial charge in [0, 0.05) is 6.20 Å². The quantitative estimate of drug-likeness (QED) is 0.645. The maximum Gasteiger partial charge on any atom is 0.309 e. The molecule has 1 aromatic heterocycles. The van der Waals surface area contributed by atoms with Crippen LogP contribution in [0.4, 0.5) is 0 Å². The minimum atomic E-state index is -0.902. The van der Waals surface area contributed by atoms with Gasteiger partial charge >= 0.3 is 5.97 Å². The number of aliphatic carboxylic acids is 1. The smallest absolute Gasteiger partial charge is 0.309 e. The molecule has 0 aromatic carbocycles. The van der Waals surface area contributed by atoms with Gasteiger partial charge in [0.1, 0.15) is 0 Å². The van der Waals surface area contributed by atoms with Crippen LogP contribution >= 0.6 is 0 Å². The molecule has 64 valence electrons. The lowest BCUT2D eigenvalue weighted by atomic mass is 10.3. The predicted molar refractivity (Wildman–Crippen MR) is 41.6 cm³/mol. The fourth-order valence-electron chi connectivity index (χ4n) is 0.796. The van der Waals surface area contributed by atoms with Crippen molar-refractivity contribution in [2.45, 2.75) is 13.0 Å². The largest absolute Gasteiger partial charge is 0.481 e. The molecule has 0 aliphatic rings. The first-order valence-corrected chi connectivity index (χ1v) is 3.44. The maximum absolute atomic E-state index is 10.2. The number of carbonyl (C=O) groups is 1. The molecule has 0 radical (unpaired) electrons. The molecule has 0 aliphatic heterocycles. The fraction of sp³-hybridized carbons (Fsp3) is 0.286. The van der Waals surface area contributed by atoms with Crippen LogP contribution in [0.3, 0.4) is 0 Å². The van der Waals surface area contributed by atoms with Crippen LogP contribution in [-0.4, -0.2) is 26.1 Å². The molecule has 1 N–H and O–H groups in total. The van der Waals surface area contributed by atoms with E-state index < -0.39 is 5.97 Å². The Morgan fingerprint density at radius 2 is 2.58 bits per heavy atom. The molecular weight excluding hydrogens is 158 g/mol. The molecule has 0 amide bonds. The summed E-state index contributed by atoms with van der Waals surface area (Å²) < 4.78 is 1.53. The first-order chi connectivity index (χ1) is 5.72. The molecular formula is C7H9N3O2. The van der Waals surface area contributed by atoms with Crippen molar-refractivity contribution in [3.8, 4) is 0 Å². The van der Waals surface area contributed by atoms with Crippen LogP contribution < -0.4 is 0 Å². The van der Waals surface area contributed by atoms with Crippen LogP contribution in [0.25, 0.3) is 0 Å². The number of carboxylic acid groups (broad SMARTS) is 1. The molecule has 1 aromatic rings. The summed E-state index contributed by atoms with van der Waals surface area (Å²) >= 11 is 0. The average Bonchev–Trinajstić information content (AvgIpc) is 2.36. The highest BCUT2D eigenvalue weighted by atomic mass is 16.4. The lowest BCUT2D eigenvalue weighted by Crippen LogP contribution is -1.99. The average molecular weight is 167 g/mol. The number of hydrogen-bond acceptors (Lipinski definition) is 3. The number of aromatic nitrogens is 3. The van der Waals surface area contributed by atoms with E-state index in [1.165, 1.54) is 4.68 Å². The van der Waals surface area contributed by atoms with E-state index in [2.05, 4.69) is 16.9 Å². The van der Waals surface area contributed by atoms with E-state index in [0.717, 1.165) is 0 Å². The molecule has 0 fully saturated rings. The van der Waals surface area contributed by atoms with Gasteiger partial charge in [-0.2, -0.15) is 0 Å². The Labute approximate surface area is 69.3 Å². The molecule has 1 rings (SSSR count). The van der Waals surface area contributed by atoms with Gasteiger partial charge < -0.3 is 5.11 Å². The van der Waals surface area contributed by atoms with Gasteiger partial charge in [-0.15, -0.1) is 11.7 Å². The van der Waals surface area contributed by atoms with Gasteiger partial charge in [0.15, 0.2) is 0 Å². The van der Waals surface area contributed by atoms with E-state index >= 15 is 0 Å². The number of rotatable bonds is 4. The third kappa shape index (κ3) is 2.19. The van der Waals surface area contributed by atoms with Gasteiger partial charge in [-0.05, 0) is 0 Å². The van der Waals surface area contributed by atoms with Gasteiger partial charge in [0.05, 0.1) is 18.7 Å². The Balaban J connectivity index is 2.63. The van der Waals surface area contributed by atoms with E-state index in [0.29, 0.717) is 12.2 Å². The second-order valence-electron chi connectivity index (χ2n) is 2.29. The van der Waals surface area contributed by atoms with Gasteiger partial charge in [0.25, 0.3) is 0 Å². The van der Waals surface area contributed by atoms with Crippen molar-refractivity contribution in [2.75, 3.05) is 0 Å². The summed E-state index contributed by atoms with van der Waals surface area (Å²) in [7, 11) is 0. The van der Waals surface area contributed by atoms with Crippen molar-refractivity contribution >= 4 is 5.97 Å². The molecule has 0 saturated heterocycles. The third-order valence-electron chi connectivity index (χ3n) is 1.23. The molecule has 5 heteroatoms.